The van der Waals surface area contributed by atoms with Crippen LogP contribution in [0, 0.1) is 0 Å². The molecule has 1 atom stereocenters. The van der Waals surface area contributed by atoms with Crippen molar-refractivity contribution in [3.05, 3.63) is 130 Å². The van der Waals surface area contributed by atoms with Crippen molar-refractivity contribution in [2.24, 2.45) is 0 Å². The average Bonchev–Trinajstić information content (AvgIpc) is 2.98. The lowest BCUT2D eigenvalue weighted by Gasteiger charge is -2.35. The summed E-state index contributed by atoms with van der Waals surface area (Å²) in [5, 5.41) is 3.82. The Morgan fingerprint density at radius 3 is 1.95 bits per heavy atom. The van der Waals surface area contributed by atoms with E-state index in [0.29, 0.717) is 21.3 Å². The van der Waals surface area contributed by atoms with Gasteiger partial charge in [0.05, 0.1) is 10.6 Å². The Labute approximate surface area is 269 Å². The van der Waals surface area contributed by atoms with E-state index in [-0.39, 0.29) is 23.8 Å². The summed E-state index contributed by atoms with van der Waals surface area (Å²) in [5.74, 6) is -0.940. The summed E-state index contributed by atoms with van der Waals surface area (Å²) in [6.45, 7) is 5.01. The van der Waals surface area contributed by atoms with Crippen LogP contribution in [0.2, 0.25) is 10.0 Å². The van der Waals surface area contributed by atoms with Gasteiger partial charge in [-0.3, -0.25) is 13.9 Å². The first-order chi connectivity index (χ1) is 20.8. The second kappa shape index (κ2) is 14.3. The van der Waals surface area contributed by atoms with Crippen LogP contribution in [0.3, 0.4) is 0 Å². The molecule has 0 aliphatic carbocycles. The Bertz CT molecular complexity index is 1680. The number of carbonyl (C=O) groups excluding carboxylic acids is 2. The van der Waals surface area contributed by atoms with Crippen LogP contribution in [0.4, 0.5) is 5.69 Å². The zero-order valence-corrected chi connectivity index (χ0v) is 27.1. The van der Waals surface area contributed by atoms with Crippen LogP contribution in [-0.4, -0.2) is 43.3 Å². The Morgan fingerprint density at radius 2 is 1.36 bits per heavy atom. The molecule has 0 heterocycles. The van der Waals surface area contributed by atoms with Crippen LogP contribution >= 0.6 is 23.2 Å². The minimum Gasteiger partial charge on any atom is -0.350 e. The quantitative estimate of drug-likeness (QED) is 0.194. The van der Waals surface area contributed by atoms with Gasteiger partial charge in [0, 0.05) is 28.5 Å². The molecule has 0 saturated heterocycles. The van der Waals surface area contributed by atoms with Crippen molar-refractivity contribution in [1.82, 2.24) is 10.2 Å². The molecule has 0 bridgehead atoms. The van der Waals surface area contributed by atoms with E-state index in [1.165, 1.54) is 29.2 Å². The molecule has 2 amide bonds. The number of nitrogens with zero attached hydrogens (tertiary/aromatic N) is 2. The van der Waals surface area contributed by atoms with Gasteiger partial charge in [-0.05, 0) is 74.4 Å². The molecular formula is C34H35Cl2N3O4S. The van der Waals surface area contributed by atoms with Crippen LogP contribution in [0.5, 0.6) is 0 Å². The lowest BCUT2D eigenvalue weighted by atomic mass is 10.0. The van der Waals surface area contributed by atoms with Crippen LogP contribution in [0.1, 0.15) is 31.9 Å². The molecule has 10 heteroatoms. The van der Waals surface area contributed by atoms with Gasteiger partial charge >= 0.3 is 0 Å². The fraction of sp³-hybridized carbons (Fsp3) is 0.235. The number of sulfonamides is 1. The molecule has 0 saturated carbocycles. The largest absolute Gasteiger partial charge is 0.350 e. The first-order valence-electron chi connectivity index (χ1n) is 14.1. The maximum Gasteiger partial charge on any atom is 0.264 e. The van der Waals surface area contributed by atoms with Gasteiger partial charge in [-0.15, -0.1) is 0 Å². The van der Waals surface area contributed by atoms with Crippen molar-refractivity contribution in [2.75, 3.05) is 10.8 Å². The van der Waals surface area contributed by atoms with E-state index >= 15 is 0 Å². The zero-order valence-electron chi connectivity index (χ0n) is 24.8. The van der Waals surface area contributed by atoms with Crippen molar-refractivity contribution in [1.29, 1.82) is 0 Å². The number of anilines is 1. The van der Waals surface area contributed by atoms with Crippen molar-refractivity contribution in [3.63, 3.8) is 0 Å². The Balaban J connectivity index is 1.81. The van der Waals surface area contributed by atoms with Crippen LogP contribution in [0.15, 0.2) is 114 Å². The number of halogens is 2. The molecule has 4 aromatic rings. The maximum absolute atomic E-state index is 14.5. The van der Waals surface area contributed by atoms with Crippen LogP contribution < -0.4 is 9.62 Å². The highest BCUT2D eigenvalue weighted by molar-refractivity contribution is 7.92. The summed E-state index contributed by atoms with van der Waals surface area (Å²) in [7, 11) is -4.21. The van der Waals surface area contributed by atoms with E-state index in [9.17, 15) is 18.0 Å². The lowest BCUT2D eigenvalue weighted by molar-refractivity contribution is -0.140. The van der Waals surface area contributed by atoms with E-state index in [4.69, 9.17) is 23.2 Å². The fourth-order valence-electron chi connectivity index (χ4n) is 4.67. The van der Waals surface area contributed by atoms with E-state index in [1.54, 1.807) is 54.6 Å². The minimum absolute atomic E-state index is 0.0167. The molecule has 0 aromatic heterocycles. The number of hydrogen-bond donors (Lipinski definition) is 1. The summed E-state index contributed by atoms with van der Waals surface area (Å²) < 4.78 is 29.1. The number of amides is 2. The van der Waals surface area contributed by atoms with Gasteiger partial charge < -0.3 is 10.2 Å². The van der Waals surface area contributed by atoms with E-state index < -0.39 is 34.1 Å². The SMILES string of the molecule is CC(C)(C)NC(=O)[C@@H](Cc1ccccc1)N(Cc1ccccc1Cl)C(=O)CN(c1ccccc1)S(=O)(=O)c1ccc(Cl)cc1. The monoisotopic (exact) mass is 651 g/mol. The fourth-order valence-corrected chi connectivity index (χ4v) is 6.41. The molecule has 44 heavy (non-hydrogen) atoms. The summed E-state index contributed by atoms with van der Waals surface area (Å²) in [6.07, 6.45) is 0.203. The van der Waals surface area contributed by atoms with Crippen molar-refractivity contribution >= 4 is 50.7 Å². The number of benzene rings is 4. The predicted molar refractivity (Wildman–Crippen MR) is 176 cm³/mol. The average molecular weight is 653 g/mol. The molecule has 230 valence electrons. The molecule has 7 nitrogen and oxygen atoms in total. The van der Waals surface area contributed by atoms with Crippen molar-refractivity contribution in [3.8, 4) is 0 Å². The van der Waals surface area contributed by atoms with Crippen LogP contribution in [0.25, 0.3) is 0 Å². The second-order valence-electron chi connectivity index (χ2n) is 11.4. The van der Waals surface area contributed by atoms with Gasteiger partial charge in [-0.1, -0.05) is 89.9 Å². The Hall–Kier alpha value is -3.85. The topological polar surface area (TPSA) is 86.8 Å². The smallest absolute Gasteiger partial charge is 0.264 e. The maximum atomic E-state index is 14.5. The third-order valence-corrected chi connectivity index (χ3v) is 9.20. The number of carbonyl (C=O) groups is 2. The van der Waals surface area contributed by atoms with Crippen LogP contribution in [-0.2, 0) is 32.6 Å². The highest BCUT2D eigenvalue weighted by Crippen LogP contribution is 2.27. The number of para-hydroxylation sites is 1. The summed E-state index contributed by atoms with van der Waals surface area (Å²) in [4.78, 5) is 29.8. The molecular weight excluding hydrogens is 617 g/mol. The minimum atomic E-state index is -4.21. The second-order valence-corrected chi connectivity index (χ2v) is 14.1. The molecule has 0 aliphatic rings. The molecule has 0 unspecified atom stereocenters. The molecule has 0 aliphatic heterocycles. The normalized spacial score (nSPS) is 12.3. The lowest BCUT2D eigenvalue weighted by Crippen LogP contribution is -2.56. The van der Waals surface area contributed by atoms with Crippen molar-refractivity contribution < 1.29 is 18.0 Å². The van der Waals surface area contributed by atoms with Crippen molar-refractivity contribution in [2.45, 2.75) is 50.2 Å². The predicted octanol–water partition coefficient (Wildman–Crippen LogP) is 6.74. The third kappa shape index (κ3) is 8.62. The molecule has 1 N–H and O–H groups in total. The summed E-state index contributed by atoms with van der Waals surface area (Å²) >= 11 is 12.6. The van der Waals surface area contributed by atoms with Gasteiger partial charge in [0.15, 0.2) is 0 Å². The molecule has 4 aromatic carbocycles. The number of rotatable bonds is 11. The van der Waals surface area contributed by atoms with Gasteiger partial charge in [0.1, 0.15) is 12.6 Å². The summed E-state index contributed by atoms with van der Waals surface area (Å²) in [6, 6.07) is 29.6. The highest BCUT2D eigenvalue weighted by Gasteiger charge is 2.35. The first-order valence-corrected chi connectivity index (χ1v) is 16.3. The van der Waals surface area contributed by atoms with E-state index in [2.05, 4.69) is 5.32 Å². The molecule has 4 rings (SSSR count). The number of hydrogen-bond acceptors (Lipinski definition) is 4. The molecule has 0 radical (unpaired) electrons. The first kappa shape index (κ1) is 33.1. The zero-order chi connectivity index (χ0) is 31.9. The number of nitrogens with one attached hydrogen (secondary N) is 1. The Kier molecular flexibility index (Phi) is 10.7. The van der Waals surface area contributed by atoms with E-state index in [0.717, 1.165) is 9.87 Å². The van der Waals surface area contributed by atoms with Gasteiger partial charge in [0.25, 0.3) is 10.0 Å². The molecule has 0 spiro atoms. The third-order valence-electron chi connectivity index (χ3n) is 6.79. The van der Waals surface area contributed by atoms with E-state index in [1.807, 2.05) is 51.1 Å². The van der Waals surface area contributed by atoms with Gasteiger partial charge in [-0.25, -0.2) is 8.42 Å². The Morgan fingerprint density at radius 1 is 0.795 bits per heavy atom. The molecule has 0 fully saturated rings. The highest BCUT2D eigenvalue weighted by atomic mass is 35.5. The summed E-state index contributed by atoms with van der Waals surface area (Å²) in [5.41, 5.74) is 1.18. The van der Waals surface area contributed by atoms with Gasteiger partial charge in [-0.2, -0.15) is 0 Å². The standard InChI is InChI=1S/C34H35Cl2N3O4S/c1-34(2,3)37-33(41)31(22-25-12-6-4-7-13-25)38(23-26-14-10-11-17-30(26)36)32(40)24-39(28-15-8-5-9-16-28)44(42,43)29-20-18-27(35)19-21-29/h4-21,31H,22-24H2,1-3H3,(H,37,41)/t31-/m1/s1. The van der Waals surface area contributed by atoms with Gasteiger partial charge in [0.2, 0.25) is 11.8 Å².